The molecule has 0 saturated heterocycles. The van der Waals surface area contributed by atoms with Gasteiger partial charge in [0.05, 0.1) is 29.5 Å². The number of amides is 1. The van der Waals surface area contributed by atoms with E-state index < -0.39 is 5.97 Å². The first-order valence-corrected chi connectivity index (χ1v) is 12.3. The van der Waals surface area contributed by atoms with E-state index in [0.29, 0.717) is 24.4 Å². The van der Waals surface area contributed by atoms with Crippen LogP contribution in [0.3, 0.4) is 0 Å². The Morgan fingerprint density at radius 1 is 1.05 bits per heavy atom. The van der Waals surface area contributed by atoms with E-state index in [1.165, 1.54) is 4.90 Å². The minimum Gasteiger partial charge on any atom is -0.478 e. The third kappa shape index (κ3) is 5.26. The number of carbonyl (C=O) groups is 2. The molecular formula is C27H26N8O3. The van der Waals surface area contributed by atoms with Crippen LogP contribution in [0, 0.1) is 0 Å². The summed E-state index contributed by atoms with van der Waals surface area (Å²) in [6.07, 6.45) is 4.16. The van der Waals surface area contributed by atoms with Crippen molar-refractivity contribution in [2.75, 3.05) is 4.90 Å². The number of aromatic nitrogens is 7. The first-order chi connectivity index (χ1) is 18.5. The molecule has 0 unspecified atom stereocenters. The van der Waals surface area contributed by atoms with Crippen LogP contribution < -0.4 is 4.90 Å². The lowest BCUT2D eigenvalue weighted by Crippen LogP contribution is -2.33. The number of pyridine rings is 1. The van der Waals surface area contributed by atoms with Gasteiger partial charge in [0.2, 0.25) is 0 Å². The number of imidazole rings is 1. The third-order valence-corrected chi connectivity index (χ3v) is 6.25. The fourth-order valence-corrected chi connectivity index (χ4v) is 4.23. The lowest BCUT2D eigenvalue weighted by atomic mass is 10.1. The molecule has 0 atom stereocenters. The number of nitrogens with zero attached hydrogens (tertiary/aromatic N) is 7. The first-order valence-electron chi connectivity index (χ1n) is 12.3. The topological polar surface area (TPSA) is 143 Å². The minimum atomic E-state index is -0.989. The van der Waals surface area contributed by atoms with Crippen molar-refractivity contribution in [3.8, 4) is 0 Å². The van der Waals surface area contributed by atoms with Gasteiger partial charge >= 0.3 is 5.97 Å². The van der Waals surface area contributed by atoms with E-state index in [-0.39, 0.29) is 24.0 Å². The normalized spacial score (nSPS) is 11.1. The predicted molar refractivity (Wildman–Crippen MR) is 140 cm³/mol. The van der Waals surface area contributed by atoms with Crippen molar-refractivity contribution >= 4 is 28.7 Å². The van der Waals surface area contributed by atoms with Crippen molar-refractivity contribution in [2.45, 2.75) is 39.3 Å². The zero-order valence-electron chi connectivity index (χ0n) is 20.8. The highest BCUT2D eigenvalue weighted by Crippen LogP contribution is 2.20. The Kier molecular flexibility index (Phi) is 7.16. The van der Waals surface area contributed by atoms with Gasteiger partial charge in [0, 0.05) is 18.4 Å². The standard InChI is InChI=1S/C27H26N8O3/c1-2-3-8-24-28-15-23(34(24)16-18-9-11-20(12-10-18)26(37)38)25(36)35(27-30-32-33-31-27)17-21-14-13-19-6-4-5-7-22(19)29-21/h4-7,9-15H,2-3,8,16-17H2,1H3,(H,37,38)(H,30,31,32,33). The smallest absolute Gasteiger partial charge is 0.335 e. The van der Waals surface area contributed by atoms with Crippen molar-refractivity contribution in [2.24, 2.45) is 0 Å². The number of fused-ring (bicyclic) bond motifs is 1. The van der Waals surface area contributed by atoms with Crippen LogP contribution in [-0.2, 0) is 19.5 Å². The molecule has 0 fully saturated rings. The number of tetrazole rings is 1. The average Bonchev–Trinajstić information content (AvgIpc) is 3.61. The van der Waals surface area contributed by atoms with Crippen LogP contribution in [0.2, 0.25) is 0 Å². The molecule has 11 heteroatoms. The van der Waals surface area contributed by atoms with Gasteiger partial charge in [-0.15, -0.1) is 5.10 Å². The molecule has 2 N–H and O–H groups in total. The van der Waals surface area contributed by atoms with Gasteiger partial charge in [0.1, 0.15) is 11.5 Å². The van der Waals surface area contributed by atoms with E-state index in [2.05, 4.69) is 32.5 Å². The second-order valence-corrected chi connectivity index (χ2v) is 8.85. The van der Waals surface area contributed by atoms with Crippen LogP contribution in [0.25, 0.3) is 10.9 Å². The number of carboxylic acids is 1. The molecule has 3 aromatic heterocycles. The van der Waals surface area contributed by atoms with Gasteiger partial charge in [-0.3, -0.25) is 14.7 Å². The highest BCUT2D eigenvalue weighted by molar-refractivity contribution is 6.03. The fourth-order valence-electron chi connectivity index (χ4n) is 4.23. The number of H-pyrrole nitrogens is 1. The number of carbonyl (C=O) groups excluding carboxylic acids is 1. The van der Waals surface area contributed by atoms with Gasteiger partial charge in [0.25, 0.3) is 11.9 Å². The van der Waals surface area contributed by atoms with E-state index in [4.69, 9.17) is 4.98 Å². The van der Waals surface area contributed by atoms with Gasteiger partial charge in [-0.05, 0) is 41.5 Å². The molecule has 0 bridgehead atoms. The van der Waals surface area contributed by atoms with Crippen LogP contribution in [0.5, 0.6) is 0 Å². The Balaban J connectivity index is 1.50. The summed E-state index contributed by atoms with van der Waals surface area (Å²) in [4.78, 5) is 36.0. The molecule has 5 rings (SSSR count). The molecule has 2 aromatic carbocycles. The number of aromatic carboxylic acids is 1. The van der Waals surface area contributed by atoms with Crippen LogP contribution in [0.4, 0.5) is 5.95 Å². The number of nitrogens with one attached hydrogen (secondary N) is 1. The largest absolute Gasteiger partial charge is 0.478 e. The summed E-state index contributed by atoms with van der Waals surface area (Å²) in [5.74, 6) is -0.441. The lowest BCUT2D eigenvalue weighted by molar-refractivity contribution is 0.0696. The monoisotopic (exact) mass is 510 g/mol. The molecule has 5 aromatic rings. The predicted octanol–water partition coefficient (Wildman–Crippen LogP) is 3.88. The van der Waals surface area contributed by atoms with Gasteiger partial charge in [-0.25, -0.2) is 9.78 Å². The third-order valence-electron chi connectivity index (χ3n) is 6.25. The Labute approximate surface area is 218 Å². The molecule has 0 aliphatic carbocycles. The molecule has 0 radical (unpaired) electrons. The van der Waals surface area contributed by atoms with E-state index in [1.54, 1.807) is 30.5 Å². The molecule has 192 valence electrons. The quantitative estimate of drug-likeness (QED) is 0.288. The summed E-state index contributed by atoms with van der Waals surface area (Å²) in [6, 6.07) is 18.2. The van der Waals surface area contributed by atoms with Crippen LogP contribution in [0.15, 0.2) is 66.9 Å². The maximum Gasteiger partial charge on any atom is 0.335 e. The molecule has 1 amide bonds. The second-order valence-electron chi connectivity index (χ2n) is 8.85. The van der Waals surface area contributed by atoms with Crippen molar-refractivity contribution < 1.29 is 14.7 Å². The molecule has 3 heterocycles. The van der Waals surface area contributed by atoms with Gasteiger partial charge < -0.3 is 9.67 Å². The first kappa shape index (κ1) is 24.8. The average molecular weight is 511 g/mol. The summed E-state index contributed by atoms with van der Waals surface area (Å²) in [7, 11) is 0. The summed E-state index contributed by atoms with van der Waals surface area (Å²) >= 11 is 0. The number of hydrogen-bond donors (Lipinski definition) is 2. The van der Waals surface area contributed by atoms with Gasteiger partial charge in [0.15, 0.2) is 0 Å². The van der Waals surface area contributed by atoms with E-state index in [0.717, 1.165) is 35.1 Å². The Bertz CT molecular complexity index is 1560. The van der Waals surface area contributed by atoms with Gasteiger partial charge in [-0.2, -0.15) is 5.21 Å². The molecular weight excluding hydrogens is 484 g/mol. The summed E-state index contributed by atoms with van der Waals surface area (Å²) in [6.45, 7) is 2.58. The van der Waals surface area contributed by atoms with E-state index >= 15 is 0 Å². The summed E-state index contributed by atoms with van der Waals surface area (Å²) in [5.41, 5.74) is 2.91. The minimum absolute atomic E-state index is 0.124. The summed E-state index contributed by atoms with van der Waals surface area (Å²) < 4.78 is 1.87. The lowest BCUT2D eigenvalue weighted by Gasteiger charge is -2.20. The van der Waals surface area contributed by atoms with Crippen molar-refractivity contribution in [1.29, 1.82) is 0 Å². The fraction of sp³-hybridized carbons (Fsp3) is 0.222. The maximum absolute atomic E-state index is 14.0. The molecule has 0 aliphatic heterocycles. The van der Waals surface area contributed by atoms with E-state index in [9.17, 15) is 14.7 Å². The number of hydrogen-bond acceptors (Lipinski definition) is 7. The van der Waals surface area contributed by atoms with Crippen LogP contribution in [-0.4, -0.2) is 52.1 Å². The molecule has 38 heavy (non-hydrogen) atoms. The number of aromatic amines is 1. The number of unbranched alkanes of at least 4 members (excludes halogenated alkanes) is 1. The Hall–Kier alpha value is -4.93. The van der Waals surface area contributed by atoms with Crippen molar-refractivity contribution in [3.63, 3.8) is 0 Å². The Morgan fingerprint density at radius 3 is 2.61 bits per heavy atom. The highest BCUT2D eigenvalue weighted by atomic mass is 16.4. The SMILES string of the molecule is CCCCc1ncc(C(=O)N(Cc2ccc3ccccc3n2)c2nn[nH]n2)n1Cc1ccc(C(=O)O)cc1. The number of aryl methyl sites for hydroxylation is 1. The van der Waals surface area contributed by atoms with Crippen LogP contribution >= 0.6 is 0 Å². The molecule has 0 saturated carbocycles. The highest BCUT2D eigenvalue weighted by Gasteiger charge is 2.27. The number of rotatable bonds is 10. The van der Waals surface area contributed by atoms with Crippen molar-refractivity contribution in [1.82, 2.24) is 35.2 Å². The molecule has 0 spiro atoms. The van der Waals surface area contributed by atoms with Crippen LogP contribution in [0.1, 0.15) is 57.7 Å². The summed E-state index contributed by atoms with van der Waals surface area (Å²) in [5, 5.41) is 24.4. The zero-order valence-corrected chi connectivity index (χ0v) is 20.8. The number of benzene rings is 2. The van der Waals surface area contributed by atoms with Crippen molar-refractivity contribution in [3.05, 3.63) is 95.2 Å². The maximum atomic E-state index is 14.0. The molecule has 0 aliphatic rings. The second kappa shape index (κ2) is 11.0. The number of anilines is 1. The number of para-hydroxylation sites is 1. The molecule has 11 nitrogen and oxygen atoms in total. The van der Waals surface area contributed by atoms with E-state index in [1.807, 2.05) is 41.0 Å². The number of carboxylic acid groups (broad SMARTS) is 1. The van der Waals surface area contributed by atoms with Gasteiger partial charge in [-0.1, -0.05) is 54.8 Å². The Morgan fingerprint density at radius 2 is 1.87 bits per heavy atom. The zero-order chi connectivity index (χ0) is 26.5.